The van der Waals surface area contributed by atoms with E-state index < -0.39 is 5.82 Å². The molecule has 0 bridgehead atoms. The molecule has 0 saturated carbocycles. The summed E-state index contributed by atoms with van der Waals surface area (Å²) >= 11 is 12.0. The first-order valence-electron chi connectivity index (χ1n) is 6.95. The molecule has 8 heteroatoms. The van der Waals surface area contributed by atoms with Gasteiger partial charge < -0.3 is 15.0 Å². The zero-order valence-corrected chi connectivity index (χ0v) is 14.1. The summed E-state index contributed by atoms with van der Waals surface area (Å²) in [7, 11) is 1.87. The summed E-state index contributed by atoms with van der Waals surface area (Å²) in [4.78, 5) is 8.36. The molecule has 0 aliphatic heterocycles. The van der Waals surface area contributed by atoms with Crippen LogP contribution in [0.4, 0.5) is 10.2 Å². The molecule has 3 rings (SSSR count). The highest BCUT2D eigenvalue weighted by atomic mass is 35.5. The minimum absolute atomic E-state index is 0.0364. The summed E-state index contributed by atoms with van der Waals surface area (Å²) in [6.07, 6.45) is 5.10. The van der Waals surface area contributed by atoms with Crippen molar-refractivity contribution in [3.05, 3.63) is 58.2 Å². The second-order valence-corrected chi connectivity index (χ2v) is 5.86. The molecule has 2 N–H and O–H groups in total. The number of rotatable bonds is 4. The van der Waals surface area contributed by atoms with Gasteiger partial charge in [-0.2, -0.15) is 0 Å². The lowest BCUT2D eigenvalue weighted by Crippen LogP contribution is -2.03. The van der Waals surface area contributed by atoms with E-state index in [0.717, 1.165) is 5.56 Å². The van der Waals surface area contributed by atoms with Crippen molar-refractivity contribution in [1.82, 2.24) is 14.5 Å². The van der Waals surface area contributed by atoms with Gasteiger partial charge in [-0.1, -0.05) is 23.2 Å². The van der Waals surface area contributed by atoms with Gasteiger partial charge in [-0.3, -0.25) is 0 Å². The fourth-order valence-corrected chi connectivity index (χ4v) is 2.67. The molecule has 0 atom stereocenters. The van der Waals surface area contributed by atoms with Crippen LogP contribution in [0.5, 0.6) is 5.75 Å². The maximum absolute atomic E-state index is 13.6. The van der Waals surface area contributed by atoms with E-state index in [-0.39, 0.29) is 17.4 Å². The van der Waals surface area contributed by atoms with Crippen LogP contribution in [0.15, 0.2) is 36.8 Å². The van der Waals surface area contributed by atoms with E-state index in [0.29, 0.717) is 22.2 Å². The maximum atomic E-state index is 13.6. The Hall–Kier alpha value is -2.31. The molecule has 1 aromatic carbocycles. The molecule has 3 aromatic rings. The third-order valence-electron chi connectivity index (χ3n) is 3.47. The van der Waals surface area contributed by atoms with Gasteiger partial charge in [-0.15, -0.1) is 0 Å². The number of hydrogen-bond acceptors (Lipinski definition) is 4. The predicted octanol–water partition coefficient (Wildman–Crippen LogP) is 4.09. The molecule has 5 nitrogen and oxygen atoms in total. The smallest absolute Gasteiger partial charge is 0.166 e. The van der Waals surface area contributed by atoms with Crippen LogP contribution in [0.3, 0.4) is 0 Å². The summed E-state index contributed by atoms with van der Waals surface area (Å²) in [6.45, 7) is -0.0364. The van der Waals surface area contributed by atoms with Crippen LogP contribution in [0, 0.1) is 5.82 Å². The van der Waals surface area contributed by atoms with E-state index in [9.17, 15) is 4.39 Å². The molecule has 0 radical (unpaired) electrons. The SMILES string of the molecule is Cn1ccnc1-c1cnc(N)c(OCc2c(Cl)ccc(F)c2Cl)c1. The zero-order chi connectivity index (χ0) is 17.3. The zero-order valence-electron chi connectivity index (χ0n) is 12.6. The van der Waals surface area contributed by atoms with Crippen LogP contribution in [0.25, 0.3) is 11.4 Å². The highest BCUT2D eigenvalue weighted by molar-refractivity contribution is 6.36. The van der Waals surface area contributed by atoms with Crippen LogP contribution < -0.4 is 10.5 Å². The van der Waals surface area contributed by atoms with Gasteiger partial charge in [-0.05, 0) is 18.2 Å². The Morgan fingerprint density at radius 3 is 2.79 bits per heavy atom. The molecule has 124 valence electrons. The van der Waals surface area contributed by atoms with Gasteiger partial charge in [0.1, 0.15) is 18.2 Å². The number of halogens is 3. The van der Waals surface area contributed by atoms with Crippen molar-refractivity contribution in [3.8, 4) is 17.1 Å². The van der Waals surface area contributed by atoms with E-state index in [1.165, 1.54) is 12.1 Å². The van der Waals surface area contributed by atoms with Gasteiger partial charge in [0.15, 0.2) is 11.6 Å². The van der Waals surface area contributed by atoms with Crippen LogP contribution in [0.2, 0.25) is 10.0 Å². The number of pyridine rings is 1. The van der Waals surface area contributed by atoms with Crippen molar-refractivity contribution >= 4 is 29.0 Å². The number of ether oxygens (including phenoxy) is 1. The summed E-state index contributed by atoms with van der Waals surface area (Å²) in [5.74, 6) is 0.699. The average Bonchev–Trinajstić information content (AvgIpc) is 2.99. The fraction of sp³-hybridized carbons (Fsp3) is 0.125. The van der Waals surface area contributed by atoms with E-state index in [1.54, 1.807) is 18.5 Å². The van der Waals surface area contributed by atoms with Crippen molar-refractivity contribution in [3.63, 3.8) is 0 Å². The molecule has 0 spiro atoms. The number of anilines is 1. The molecule has 0 unspecified atom stereocenters. The number of imidazole rings is 1. The Labute approximate surface area is 147 Å². The number of nitrogen functional groups attached to an aromatic ring is 1. The molecular weight excluding hydrogens is 354 g/mol. The summed E-state index contributed by atoms with van der Waals surface area (Å²) in [6, 6.07) is 4.34. The van der Waals surface area contributed by atoms with Gasteiger partial charge in [0.2, 0.25) is 0 Å². The highest BCUT2D eigenvalue weighted by Crippen LogP contribution is 2.31. The van der Waals surface area contributed by atoms with E-state index in [2.05, 4.69) is 9.97 Å². The van der Waals surface area contributed by atoms with Crippen molar-refractivity contribution in [2.24, 2.45) is 7.05 Å². The molecular formula is C16H13Cl2FN4O. The second-order valence-electron chi connectivity index (χ2n) is 5.08. The molecule has 24 heavy (non-hydrogen) atoms. The topological polar surface area (TPSA) is 66.0 Å². The Morgan fingerprint density at radius 1 is 1.29 bits per heavy atom. The van der Waals surface area contributed by atoms with Crippen molar-refractivity contribution < 1.29 is 9.13 Å². The number of hydrogen-bond donors (Lipinski definition) is 1. The monoisotopic (exact) mass is 366 g/mol. The summed E-state index contributed by atoms with van der Waals surface area (Å²) < 4.78 is 21.1. The number of benzene rings is 1. The van der Waals surface area contributed by atoms with Crippen LogP contribution >= 0.6 is 23.2 Å². The fourth-order valence-electron chi connectivity index (χ4n) is 2.19. The minimum atomic E-state index is -0.562. The Kier molecular flexibility index (Phi) is 4.59. The van der Waals surface area contributed by atoms with Crippen molar-refractivity contribution in [2.75, 3.05) is 5.73 Å². The van der Waals surface area contributed by atoms with E-state index in [4.69, 9.17) is 33.7 Å². The van der Waals surface area contributed by atoms with Gasteiger partial charge in [-0.25, -0.2) is 14.4 Å². The van der Waals surface area contributed by atoms with Gasteiger partial charge >= 0.3 is 0 Å². The van der Waals surface area contributed by atoms with Crippen LogP contribution in [-0.4, -0.2) is 14.5 Å². The quantitative estimate of drug-likeness (QED) is 0.706. The Morgan fingerprint density at radius 2 is 2.08 bits per heavy atom. The summed E-state index contributed by atoms with van der Waals surface area (Å²) in [5, 5.41) is 0.238. The van der Waals surface area contributed by atoms with E-state index in [1.807, 2.05) is 17.8 Å². The predicted molar refractivity (Wildman–Crippen MR) is 91.6 cm³/mol. The molecule has 0 amide bonds. The molecule has 0 saturated heterocycles. The lowest BCUT2D eigenvalue weighted by Gasteiger charge is -2.12. The number of nitrogens with zero attached hydrogens (tertiary/aromatic N) is 3. The van der Waals surface area contributed by atoms with Crippen LogP contribution in [-0.2, 0) is 13.7 Å². The third kappa shape index (κ3) is 3.16. The normalized spacial score (nSPS) is 10.8. The third-order valence-corrected chi connectivity index (χ3v) is 4.23. The largest absolute Gasteiger partial charge is 0.485 e. The van der Waals surface area contributed by atoms with Gasteiger partial charge in [0.05, 0.1) is 5.02 Å². The van der Waals surface area contributed by atoms with Gasteiger partial charge in [0.25, 0.3) is 0 Å². The Balaban J connectivity index is 1.89. The highest BCUT2D eigenvalue weighted by Gasteiger charge is 2.14. The minimum Gasteiger partial charge on any atom is -0.485 e. The number of nitrogens with two attached hydrogens (primary N) is 1. The standard InChI is InChI=1S/C16H13Cl2FN4O/c1-23-5-4-21-16(23)9-6-13(15(20)22-7-9)24-8-10-11(17)2-3-12(19)14(10)18/h2-7H,8H2,1H3,(H2,20,22). The van der Waals surface area contributed by atoms with E-state index >= 15 is 0 Å². The molecule has 0 aliphatic carbocycles. The van der Waals surface area contributed by atoms with Gasteiger partial charge in [0, 0.05) is 41.8 Å². The number of aromatic nitrogens is 3. The molecule has 0 aliphatic rings. The molecule has 2 aromatic heterocycles. The number of aryl methyl sites for hydroxylation is 1. The van der Waals surface area contributed by atoms with Crippen molar-refractivity contribution in [1.29, 1.82) is 0 Å². The first kappa shape index (κ1) is 16.5. The average molecular weight is 367 g/mol. The second kappa shape index (κ2) is 6.67. The summed E-state index contributed by atoms with van der Waals surface area (Å²) in [5.41, 5.74) is 6.93. The lowest BCUT2D eigenvalue weighted by molar-refractivity contribution is 0.306. The first-order valence-corrected chi connectivity index (χ1v) is 7.71. The Bertz CT molecular complexity index is 898. The van der Waals surface area contributed by atoms with Crippen LogP contribution in [0.1, 0.15) is 5.56 Å². The van der Waals surface area contributed by atoms with Crippen molar-refractivity contribution in [2.45, 2.75) is 6.61 Å². The molecule has 0 fully saturated rings. The maximum Gasteiger partial charge on any atom is 0.166 e. The first-order chi connectivity index (χ1) is 11.5. The lowest BCUT2D eigenvalue weighted by atomic mass is 10.2. The molecule has 2 heterocycles.